The summed E-state index contributed by atoms with van der Waals surface area (Å²) in [5, 5.41) is 20.7. The maximum absolute atomic E-state index is 12.1. The van der Waals surface area contributed by atoms with Crippen LogP contribution in [0.1, 0.15) is 18.4 Å². The normalized spacial score (nSPS) is 17.6. The SMILES string of the molecule is N#Cc1cc(Br)ccc1NC(=O)N1CCC[C@H]1C(=O)O. The van der Waals surface area contributed by atoms with Crippen LogP contribution in [0, 0.1) is 11.3 Å². The van der Waals surface area contributed by atoms with E-state index in [2.05, 4.69) is 21.2 Å². The highest BCUT2D eigenvalue weighted by Gasteiger charge is 2.34. The number of carbonyl (C=O) groups excluding carboxylic acids is 1. The molecule has 1 aliphatic rings. The molecule has 1 aromatic rings. The van der Waals surface area contributed by atoms with E-state index in [1.807, 2.05) is 6.07 Å². The summed E-state index contributed by atoms with van der Waals surface area (Å²) in [7, 11) is 0. The van der Waals surface area contributed by atoms with E-state index in [0.29, 0.717) is 30.6 Å². The van der Waals surface area contributed by atoms with Crippen LogP contribution in [0.4, 0.5) is 10.5 Å². The van der Waals surface area contributed by atoms with Crippen molar-refractivity contribution in [3.63, 3.8) is 0 Å². The number of amides is 2. The second-order valence-electron chi connectivity index (χ2n) is 4.42. The first-order valence-electron chi connectivity index (χ1n) is 6.03. The second-order valence-corrected chi connectivity index (χ2v) is 5.34. The minimum Gasteiger partial charge on any atom is -0.480 e. The Hall–Kier alpha value is -2.07. The zero-order valence-electron chi connectivity index (χ0n) is 10.5. The van der Waals surface area contributed by atoms with Crippen molar-refractivity contribution in [1.29, 1.82) is 5.26 Å². The Kier molecular flexibility index (Phi) is 4.25. The van der Waals surface area contributed by atoms with E-state index in [1.54, 1.807) is 18.2 Å². The predicted molar refractivity (Wildman–Crippen MR) is 75.2 cm³/mol. The fourth-order valence-electron chi connectivity index (χ4n) is 2.17. The number of anilines is 1. The Morgan fingerprint density at radius 1 is 1.50 bits per heavy atom. The predicted octanol–water partition coefficient (Wildman–Crippen LogP) is 2.40. The highest BCUT2D eigenvalue weighted by molar-refractivity contribution is 9.10. The standard InChI is InChI=1S/C13H12BrN3O3/c14-9-3-4-10(8(6-9)7-15)16-13(20)17-5-1-2-11(17)12(18)19/h3-4,6,11H,1-2,5H2,(H,16,20)(H,18,19)/t11-/m0/s1. The van der Waals surface area contributed by atoms with E-state index in [4.69, 9.17) is 10.4 Å². The highest BCUT2D eigenvalue weighted by atomic mass is 79.9. The van der Waals surface area contributed by atoms with Crippen LogP contribution < -0.4 is 5.32 Å². The first-order chi connectivity index (χ1) is 9.52. The van der Waals surface area contributed by atoms with Crippen molar-refractivity contribution < 1.29 is 14.7 Å². The number of carboxylic acid groups (broad SMARTS) is 1. The number of nitrogens with one attached hydrogen (secondary N) is 1. The number of carboxylic acids is 1. The quantitative estimate of drug-likeness (QED) is 0.866. The molecule has 0 saturated carbocycles. The van der Waals surface area contributed by atoms with Gasteiger partial charge >= 0.3 is 12.0 Å². The molecule has 1 fully saturated rings. The van der Waals surface area contributed by atoms with Crippen molar-refractivity contribution in [2.24, 2.45) is 0 Å². The van der Waals surface area contributed by atoms with Crippen LogP contribution in [-0.4, -0.2) is 34.6 Å². The Bertz CT molecular complexity index is 597. The third-order valence-electron chi connectivity index (χ3n) is 3.14. The van der Waals surface area contributed by atoms with E-state index in [1.165, 1.54) is 4.90 Å². The first kappa shape index (κ1) is 14.3. The molecule has 2 rings (SSSR count). The van der Waals surface area contributed by atoms with Crippen LogP contribution in [0.2, 0.25) is 0 Å². The van der Waals surface area contributed by atoms with Crippen molar-refractivity contribution in [1.82, 2.24) is 4.90 Å². The summed E-state index contributed by atoms with van der Waals surface area (Å²) in [6.07, 6.45) is 1.12. The summed E-state index contributed by atoms with van der Waals surface area (Å²) in [6.45, 7) is 0.404. The van der Waals surface area contributed by atoms with Gasteiger partial charge in [-0.1, -0.05) is 15.9 Å². The van der Waals surface area contributed by atoms with Crippen LogP contribution in [0.15, 0.2) is 22.7 Å². The largest absolute Gasteiger partial charge is 0.480 e. The van der Waals surface area contributed by atoms with E-state index >= 15 is 0 Å². The minimum atomic E-state index is -1.01. The molecule has 6 nitrogen and oxygen atoms in total. The number of benzene rings is 1. The molecule has 0 radical (unpaired) electrons. The first-order valence-corrected chi connectivity index (χ1v) is 6.82. The topological polar surface area (TPSA) is 93.4 Å². The van der Waals surface area contributed by atoms with Crippen LogP contribution in [0.25, 0.3) is 0 Å². The lowest BCUT2D eigenvalue weighted by molar-refractivity contribution is -0.141. The minimum absolute atomic E-state index is 0.318. The van der Waals surface area contributed by atoms with Gasteiger partial charge in [0.05, 0.1) is 11.3 Å². The van der Waals surface area contributed by atoms with E-state index < -0.39 is 18.0 Å². The lowest BCUT2D eigenvalue weighted by atomic mass is 10.2. The molecule has 0 aromatic heterocycles. The average molecular weight is 338 g/mol. The number of nitrogens with zero attached hydrogens (tertiary/aromatic N) is 2. The molecule has 1 aliphatic heterocycles. The molecule has 0 aliphatic carbocycles. The Labute approximate surface area is 124 Å². The van der Waals surface area contributed by atoms with Gasteiger partial charge in [-0.25, -0.2) is 9.59 Å². The van der Waals surface area contributed by atoms with Crippen molar-refractivity contribution in [2.75, 3.05) is 11.9 Å². The third-order valence-corrected chi connectivity index (χ3v) is 3.64. The van der Waals surface area contributed by atoms with Crippen molar-refractivity contribution in [3.8, 4) is 6.07 Å². The Morgan fingerprint density at radius 3 is 2.90 bits per heavy atom. The zero-order valence-corrected chi connectivity index (χ0v) is 12.1. The van der Waals surface area contributed by atoms with Crippen molar-refractivity contribution in [2.45, 2.75) is 18.9 Å². The van der Waals surface area contributed by atoms with Gasteiger partial charge in [-0.2, -0.15) is 5.26 Å². The van der Waals surface area contributed by atoms with Crippen LogP contribution in [0.5, 0.6) is 0 Å². The molecule has 2 amide bonds. The summed E-state index contributed by atoms with van der Waals surface area (Å²) < 4.78 is 0.733. The number of aliphatic carboxylic acids is 1. The maximum atomic E-state index is 12.1. The van der Waals surface area contributed by atoms with E-state index in [-0.39, 0.29) is 0 Å². The van der Waals surface area contributed by atoms with Gasteiger partial charge in [0.1, 0.15) is 12.1 Å². The Morgan fingerprint density at radius 2 is 2.25 bits per heavy atom. The van der Waals surface area contributed by atoms with Crippen LogP contribution in [0.3, 0.4) is 0 Å². The van der Waals surface area contributed by atoms with Gasteiger partial charge in [-0.15, -0.1) is 0 Å². The average Bonchev–Trinajstić information content (AvgIpc) is 2.90. The number of carbonyl (C=O) groups is 2. The van der Waals surface area contributed by atoms with Crippen molar-refractivity contribution in [3.05, 3.63) is 28.2 Å². The number of rotatable bonds is 2. The number of urea groups is 1. The summed E-state index contributed by atoms with van der Waals surface area (Å²) >= 11 is 3.25. The second kappa shape index (κ2) is 5.92. The molecule has 1 aromatic carbocycles. The molecule has 7 heteroatoms. The molecule has 0 spiro atoms. The summed E-state index contributed by atoms with van der Waals surface area (Å²) in [4.78, 5) is 24.5. The van der Waals surface area contributed by atoms with Gasteiger partial charge in [0.25, 0.3) is 0 Å². The molecule has 0 bridgehead atoms. The van der Waals surface area contributed by atoms with Gasteiger partial charge < -0.3 is 15.3 Å². The molecule has 1 saturated heterocycles. The van der Waals surface area contributed by atoms with E-state index in [0.717, 1.165) is 4.47 Å². The van der Waals surface area contributed by atoms with E-state index in [9.17, 15) is 9.59 Å². The number of halogens is 1. The van der Waals surface area contributed by atoms with Crippen molar-refractivity contribution >= 4 is 33.6 Å². The number of hydrogen-bond acceptors (Lipinski definition) is 3. The fraction of sp³-hybridized carbons (Fsp3) is 0.308. The Balaban J connectivity index is 2.16. The van der Waals surface area contributed by atoms with Gasteiger partial charge in [0, 0.05) is 11.0 Å². The van der Waals surface area contributed by atoms with Crippen LogP contribution >= 0.6 is 15.9 Å². The summed E-state index contributed by atoms with van der Waals surface area (Å²) in [5.74, 6) is -1.01. The molecule has 20 heavy (non-hydrogen) atoms. The van der Waals surface area contributed by atoms with Crippen LogP contribution in [-0.2, 0) is 4.79 Å². The lowest BCUT2D eigenvalue weighted by Crippen LogP contribution is -2.42. The molecule has 1 atom stereocenters. The molecule has 0 unspecified atom stereocenters. The molecular formula is C13H12BrN3O3. The van der Waals surface area contributed by atoms with Gasteiger partial charge in [-0.05, 0) is 31.0 Å². The van der Waals surface area contributed by atoms with Gasteiger partial charge in [0.2, 0.25) is 0 Å². The molecule has 2 N–H and O–H groups in total. The van der Waals surface area contributed by atoms with Gasteiger partial charge in [0.15, 0.2) is 0 Å². The summed E-state index contributed by atoms with van der Waals surface area (Å²) in [6, 6.07) is 5.60. The molecular weight excluding hydrogens is 326 g/mol. The smallest absolute Gasteiger partial charge is 0.326 e. The molecule has 104 valence electrons. The highest BCUT2D eigenvalue weighted by Crippen LogP contribution is 2.23. The lowest BCUT2D eigenvalue weighted by Gasteiger charge is -2.22. The van der Waals surface area contributed by atoms with Gasteiger partial charge in [-0.3, -0.25) is 0 Å². The number of hydrogen-bond donors (Lipinski definition) is 2. The summed E-state index contributed by atoms with van der Waals surface area (Å²) in [5.41, 5.74) is 0.690. The third kappa shape index (κ3) is 2.91. The maximum Gasteiger partial charge on any atom is 0.326 e. The molecule has 1 heterocycles. The number of nitriles is 1. The number of likely N-dealkylation sites (tertiary alicyclic amines) is 1. The zero-order chi connectivity index (χ0) is 14.7. The monoisotopic (exact) mass is 337 g/mol. The fourth-order valence-corrected chi connectivity index (χ4v) is 2.53.